The summed E-state index contributed by atoms with van der Waals surface area (Å²) >= 11 is 0. The van der Waals surface area contributed by atoms with Crippen molar-refractivity contribution in [2.75, 3.05) is 7.11 Å². The Morgan fingerprint density at radius 1 is 1.43 bits per heavy atom. The van der Waals surface area contributed by atoms with Crippen molar-refractivity contribution in [1.82, 2.24) is 15.0 Å². The molecule has 0 spiro atoms. The van der Waals surface area contributed by atoms with Gasteiger partial charge in [-0.2, -0.15) is 0 Å². The number of aliphatic hydroxyl groups is 1. The number of rotatable bonds is 5. The number of nitro benzene ring substituents is 1. The normalized spacial score (nSPS) is 10.7. The van der Waals surface area contributed by atoms with Crippen LogP contribution in [0.2, 0.25) is 0 Å². The van der Waals surface area contributed by atoms with E-state index in [0.717, 1.165) is 0 Å². The first-order chi connectivity index (χ1) is 11.2. The highest BCUT2D eigenvalue weighted by molar-refractivity contribution is 5.61. The molecule has 2 aromatic heterocycles. The second-order valence-corrected chi connectivity index (χ2v) is 4.55. The first kappa shape index (κ1) is 14.7. The lowest BCUT2D eigenvalue weighted by molar-refractivity contribution is -0.385. The second-order valence-electron chi connectivity index (χ2n) is 4.55. The molecule has 9 heteroatoms. The van der Waals surface area contributed by atoms with Crippen molar-refractivity contribution in [3.8, 4) is 22.9 Å². The Kier molecular flexibility index (Phi) is 3.77. The van der Waals surface area contributed by atoms with E-state index < -0.39 is 4.92 Å². The molecule has 1 aromatic carbocycles. The molecular formula is C14H12N4O5. The molecule has 9 nitrogen and oxygen atoms in total. The van der Waals surface area contributed by atoms with E-state index in [1.807, 2.05) is 0 Å². The maximum atomic E-state index is 11.2. The Balaban J connectivity index is 2.18. The summed E-state index contributed by atoms with van der Waals surface area (Å²) in [6, 6.07) is 7.77. The second kappa shape index (κ2) is 5.89. The molecule has 0 aliphatic rings. The van der Waals surface area contributed by atoms with Crippen LogP contribution in [0, 0.1) is 10.1 Å². The van der Waals surface area contributed by atoms with Gasteiger partial charge in [0, 0.05) is 6.07 Å². The van der Waals surface area contributed by atoms with Crippen molar-refractivity contribution in [3.05, 3.63) is 52.4 Å². The van der Waals surface area contributed by atoms with Crippen LogP contribution < -0.4 is 4.74 Å². The van der Waals surface area contributed by atoms with Crippen LogP contribution in [0.15, 0.2) is 41.0 Å². The summed E-state index contributed by atoms with van der Waals surface area (Å²) in [6.45, 7) is -0.339. The number of nitro groups is 1. The molecule has 0 atom stereocenters. The van der Waals surface area contributed by atoms with Gasteiger partial charge in [-0.3, -0.25) is 10.1 Å². The lowest BCUT2D eigenvalue weighted by Crippen LogP contribution is -2.02. The number of hydrogen-bond acceptors (Lipinski definition) is 7. The van der Waals surface area contributed by atoms with Crippen LogP contribution in [-0.2, 0) is 6.61 Å². The fourth-order valence-electron chi connectivity index (χ4n) is 2.21. The summed E-state index contributed by atoms with van der Waals surface area (Å²) in [5, 5.41) is 28.4. The van der Waals surface area contributed by atoms with Gasteiger partial charge in [-0.1, -0.05) is 5.21 Å². The zero-order valence-electron chi connectivity index (χ0n) is 12.0. The molecule has 0 saturated carbocycles. The Morgan fingerprint density at radius 2 is 2.26 bits per heavy atom. The number of hydrogen-bond donors (Lipinski definition) is 1. The summed E-state index contributed by atoms with van der Waals surface area (Å²) < 4.78 is 11.7. The van der Waals surface area contributed by atoms with Crippen molar-refractivity contribution < 1.29 is 19.2 Å². The van der Waals surface area contributed by atoms with Gasteiger partial charge in [-0.05, 0) is 24.3 Å². The Bertz CT molecular complexity index is 841. The highest BCUT2D eigenvalue weighted by Gasteiger charge is 2.21. The largest absolute Gasteiger partial charge is 0.490 e. The summed E-state index contributed by atoms with van der Waals surface area (Å²) in [7, 11) is 1.36. The molecule has 0 unspecified atom stereocenters. The molecule has 0 bridgehead atoms. The van der Waals surface area contributed by atoms with Gasteiger partial charge in [0.2, 0.25) is 0 Å². The van der Waals surface area contributed by atoms with Crippen molar-refractivity contribution >= 4 is 5.69 Å². The van der Waals surface area contributed by atoms with Gasteiger partial charge in [-0.15, -0.1) is 5.10 Å². The molecule has 118 valence electrons. The topological polar surface area (TPSA) is 116 Å². The predicted molar refractivity (Wildman–Crippen MR) is 78.2 cm³/mol. The van der Waals surface area contributed by atoms with E-state index in [9.17, 15) is 15.2 Å². The quantitative estimate of drug-likeness (QED) is 0.564. The minimum atomic E-state index is -0.543. The van der Waals surface area contributed by atoms with Crippen LogP contribution in [0.25, 0.3) is 17.1 Å². The van der Waals surface area contributed by atoms with Crippen LogP contribution in [0.4, 0.5) is 5.69 Å². The van der Waals surface area contributed by atoms with Crippen LogP contribution in [0.1, 0.15) is 5.69 Å². The zero-order valence-corrected chi connectivity index (χ0v) is 12.0. The lowest BCUT2D eigenvalue weighted by atomic mass is 10.2. The third-order valence-electron chi connectivity index (χ3n) is 3.25. The lowest BCUT2D eigenvalue weighted by Gasteiger charge is -2.07. The van der Waals surface area contributed by atoms with E-state index in [2.05, 4.69) is 10.3 Å². The third-order valence-corrected chi connectivity index (χ3v) is 3.25. The number of methoxy groups -OCH3 is 1. The van der Waals surface area contributed by atoms with E-state index in [1.54, 1.807) is 18.2 Å². The minimum Gasteiger partial charge on any atom is -0.490 e. The minimum absolute atomic E-state index is 0.140. The molecule has 0 aliphatic heterocycles. The average Bonchev–Trinajstić information content (AvgIpc) is 3.22. The van der Waals surface area contributed by atoms with Crippen molar-refractivity contribution in [1.29, 1.82) is 0 Å². The predicted octanol–water partition coefficient (Wildman–Crippen LogP) is 1.94. The molecule has 0 aliphatic carbocycles. The van der Waals surface area contributed by atoms with Crippen molar-refractivity contribution in [2.45, 2.75) is 6.61 Å². The Hall–Kier alpha value is -3.20. The molecule has 0 radical (unpaired) electrons. The molecule has 0 amide bonds. The molecule has 3 rings (SSSR count). The van der Waals surface area contributed by atoms with Gasteiger partial charge >= 0.3 is 5.69 Å². The smallest absolute Gasteiger partial charge is 0.313 e. The number of aromatic nitrogens is 3. The monoisotopic (exact) mass is 316 g/mol. The number of ether oxygens (including phenoxy) is 1. The first-order valence-electron chi connectivity index (χ1n) is 6.57. The molecule has 0 fully saturated rings. The van der Waals surface area contributed by atoms with Crippen LogP contribution >= 0.6 is 0 Å². The molecule has 23 heavy (non-hydrogen) atoms. The van der Waals surface area contributed by atoms with Crippen LogP contribution in [-0.4, -0.2) is 32.1 Å². The maximum Gasteiger partial charge on any atom is 0.313 e. The van der Waals surface area contributed by atoms with Crippen LogP contribution in [0.3, 0.4) is 0 Å². The fraction of sp³-hybridized carbons (Fsp3) is 0.143. The summed E-state index contributed by atoms with van der Waals surface area (Å²) in [4.78, 5) is 10.6. The fourth-order valence-corrected chi connectivity index (χ4v) is 2.21. The van der Waals surface area contributed by atoms with Gasteiger partial charge in [-0.25, -0.2) is 4.68 Å². The standard InChI is InChI=1S/C14H12N4O5/c1-22-12-5-4-9(7-11(12)18(20)21)17-14(10(8-19)15-16-17)13-3-2-6-23-13/h2-7,19H,8H2,1H3. The van der Waals surface area contributed by atoms with Gasteiger partial charge in [0.1, 0.15) is 11.4 Å². The van der Waals surface area contributed by atoms with Crippen molar-refractivity contribution in [3.63, 3.8) is 0 Å². The molecular weight excluding hydrogens is 304 g/mol. The van der Waals surface area contributed by atoms with Gasteiger partial charge in [0.05, 0.1) is 30.6 Å². The van der Waals surface area contributed by atoms with E-state index in [-0.39, 0.29) is 18.0 Å². The van der Waals surface area contributed by atoms with E-state index in [1.165, 1.54) is 30.2 Å². The summed E-state index contributed by atoms with van der Waals surface area (Å²) in [5.74, 6) is 0.582. The van der Waals surface area contributed by atoms with Gasteiger partial charge in [0.25, 0.3) is 0 Å². The molecule has 1 N–H and O–H groups in total. The molecule has 2 heterocycles. The maximum absolute atomic E-state index is 11.2. The summed E-state index contributed by atoms with van der Waals surface area (Å²) in [6.07, 6.45) is 1.48. The van der Waals surface area contributed by atoms with E-state index in [0.29, 0.717) is 22.8 Å². The zero-order chi connectivity index (χ0) is 16.4. The number of furan rings is 1. The number of benzene rings is 1. The number of aliphatic hydroxyl groups excluding tert-OH is 1. The van der Waals surface area contributed by atoms with E-state index >= 15 is 0 Å². The van der Waals surface area contributed by atoms with Crippen molar-refractivity contribution in [2.24, 2.45) is 0 Å². The van der Waals surface area contributed by atoms with E-state index in [4.69, 9.17) is 9.15 Å². The third kappa shape index (κ3) is 2.53. The SMILES string of the molecule is COc1ccc(-n2nnc(CO)c2-c2ccco2)cc1[N+](=O)[O-]. The number of nitrogens with zero attached hydrogens (tertiary/aromatic N) is 4. The average molecular weight is 316 g/mol. The van der Waals surface area contributed by atoms with Crippen LogP contribution in [0.5, 0.6) is 5.75 Å². The molecule has 0 saturated heterocycles. The summed E-state index contributed by atoms with van der Waals surface area (Å²) in [5.41, 5.74) is 0.933. The van der Waals surface area contributed by atoms with Gasteiger partial charge in [0.15, 0.2) is 11.5 Å². The Morgan fingerprint density at radius 3 is 2.87 bits per heavy atom. The Labute approximate surface area is 129 Å². The van der Waals surface area contributed by atoms with Gasteiger partial charge < -0.3 is 14.3 Å². The molecule has 3 aromatic rings. The highest BCUT2D eigenvalue weighted by Crippen LogP contribution is 2.31. The first-order valence-corrected chi connectivity index (χ1v) is 6.57. The highest BCUT2D eigenvalue weighted by atomic mass is 16.6.